The lowest BCUT2D eigenvalue weighted by Crippen LogP contribution is -2.32. The van der Waals surface area contributed by atoms with Gasteiger partial charge in [-0.3, -0.25) is 4.72 Å². The fraction of sp³-hybridized carbons (Fsp3) is 0.308. The van der Waals surface area contributed by atoms with Crippen LogP contribution in [0.1, 0.15) is 22.7 Å². The minimum Gasteiger partial charge on any atom is -0.506 e. The molecule has 0 spiro atoms. The third kappa shape index (κ3) is 9.02. The third-order valence-electron chi connectivity index (χ3n) is 5.59. The van der Waals surface area contributed by atoms with Crippen LogP contribution in [0.4, 0.5) is 14.5 Å². The van der Waals surface area contributed by atoms with Crippen molar-refractivity contribution < 1.29 is 36.9 Å². The van der Waals surface area contributed by atoms with Crippen molar-refractivity contribution in [1.82, 2.24) is 5.32 Å². The van der Waals surface area contributed by atoms with Crippen molar-refractivity contribution in [2.75, 3.05) is 24.6 Å². The fourth-order valence-electron chi connectivity index (χ4n) is 3.87. The lowest BCUT2D eigenvalue weighted by atomic mass is 9.97. The predicted molar refractivity (Wildman–Crippen MR) is 142 cm³/mol. The summed E-state index contributed by atoms with van der Waals surface area (Å²) in [5.74, 6) is -0.188. The zero-order chi connectivity index (χ0) is 27.9. The monoisotopic (exact) mass is 570 g/mol. The van der Waals surface area contributed by atoms with Gasteiger partial charge in [-0.2, -0.15) is 8.78 Å². The van der Waals surface area contributed by atoms with Crippen molar-refractivity contribution in [2.24, 2.45) is 0 Å². The summed E-state index contributed by atoms with van der Waals surface area (Å²) < 4.78 is 60.6. The Labute approximate surface area is 225 Å². The highest BCUT2D eigenvalue weighted by molar-refractivity contribution is 7.92. The zero-order valence-electron chi connectivity index (χ0n) is 20.7. The second kappa shape index (κ2) is 13.1. The molecule has 0 heterocycles. The molecule has 3 aromatic rings. The minimum absolute atomic E-state index is 0.0176. The van der Waals surface area contributed by atoms with Crippen LogP contribution in [-0.2, 0) is 22.9 Å². The Balaban J connectivity index is 1.77. The molecule has 0 amide bonds. The van der Waals surface area contributed by atoms with Gasteiger partial charge in [-0.1, -0.05) is 35.9 Å². The van der Waals surface area contributed by atoms with Crippen LogP contribution < -0.4 is 19.5 Å². The SMILES string of the molecule is COc1cc([C@@H](Cc2ccc(Cl)cc2)NC[C@@H](O)Cc2ccc(O)c(NS(C)(=O)=O)c2)ccc1OC(F)F. The number of benzene rings is 3. The summed E-state index contributed by atoms with van der Waals surface area (Å²) >= 11 is 6.01. The van der Waals surface area contributed by atoms with Gasteiger partial charge in [-0.05, 0) is 65.9 Å². The Morgan fingerprint density at radius 3 is 2.29 bits per heavy atom. The van der Waals surface area contributed by atoms with Crippen molar-refractivity contribution in [3.05, 3.63) is 82.4 Å². The van der Waals surface area contributed by atoms with Crippen LogP contribution in [0.25, 0.3) is 0 Å². The van der Waals surface area contributed by atoms with E-state index in [9.17, 15) is 27.4 Å². The molecular formula is C26H29ClF2N2O6S. The Kier molecular flexibility index (Phi) is 10.1. The molecule has 8 nitrogen and oxygen atoms in total. The van der Waals surface area contributed by atoms with E-state index in [0.29, 0.717) is 17.0 Å². The first-order valence-corrected chi connectivity index (χ1v) is 13.8. The molecule has 2 atom stereocenters. The standard InChI is InChI=1S/C26H29ClF2N2O6S/c1-36-25-14-18(6-10-24(25)37-26(28)29)21(12-16-3-7-19(27)8-4-16)30-15-20(32)11-17-5-9-23(33)22(13-17)31-38(2,34)35/h3-10,13-14,20-21,26,30-33H,11-12,15H2,1-2H3/t20-,21+/m0/s1. The van der Waals surface area contributed by atoms with Crippen LogP contribution in [0.2, 0.25) is 5.02 Å². The van der Waals surface area contributed by atoms with Crippen molar-refractivity contribution in [1.29, 1.82) is 0 Å². The summed E-state index contributed by atoms with van der Waals surface area (Å²) in [6, 6.07) is 15.9. The Bertz CT molecular complexity index is 1330. The van der Waals surface area contributed by atoms with Crippen LogP contribution in [0.3, 0.4) is 0 Å². The summed E-state index contributed by atoms with van der Waals surface area (Å²) in [6.45, 7) is -2.85. The predicted octanol–water partition coefficient (Wildman–Crippen LogP) is 4.50. The van der Waals surface area contributed by atoms with Crippen molar-refractivity contribution in [2.45, 2.75) is 31.6 Å². The number of aliphatic hydroxyl groups excluding tert-OH is 1. The quantitative estimate of drug-likeness (QED) is 0.223. The highest BCUT2D eigenvalue weighted by Crippen LogP contribution is 2.33. The van der Waals surface area contributed by atoms with Crippen LogP contribution in [0, 0.1) is 0 Å². The molecule has 206 valence electrons. The number of aromatic hydroxyl groups is 1. The molecule has 0 saturated heterocycles. The van der Waals surface area contributed by atoms with Gasteiger partial charge in [0.05, 0.1) is 25.2 Å². The average Bonchev–Trinajstić information content (AvgIpc) is 2.84. The first-order chi connectivity index (χ1) is 17.9. The highest BCUT2D eigenvalue weighted by Gasteiger charge is 2.19. The lowest BCUT2D eigenvalue weighted by Gasteiger charge is -2.23. The van der Waals surface area contributed by atoms with Crippen molar-refractivity contribution >= 4 is 27.3 Å². The molecule has 4 N–H and O–H groups in total. The van der Waals surface area contributed by atoms with Gasteiger partial charge in [0, 0.05) is 17.6 Å². The van der Waals surface area contributed by atoms with Gasteiger partial charge >= 0.3 is 6.61 Å². The lowest BCUT2D eigenvalue weighted by molar-refractivity contribution is -0.0512. The van der Waals surface area contributed by atoms with E-state index in [0.717, 1.165) is 17.4 Å². The number of rotatable bonds is 13. The number of phenolic OH excluding ortho intramolecular Hbond substituents is 1. The van der Waals surface area contributed by atoms with E-state index in [1.54, 1.807) is 30.3 Å². The second-order valence-electron chi connectivity index (χ2n) is 8.66. The number of ether oxygens (including phenoxy) is 2. The van der Waals surface area contributed by atoms with Gasteiger partial charge in [0.25, 0.3) is 0 Å². The number of alkyl halides is 2. The topological polar surface area (TPSA) is 117 Å². The van der Waals surface area contributed by atoms with E-state index in [2.05, 4.69) is 14.8 Å². The van der Waals surface area contributed by atoms with Gasteiger partial charge in [0.15, 0.2) is 11.5 Å². The highest BCUT2D eigenvalue weighted by atomic mass is 35.5. The number of phenols is 1. The maximum atomic E-state index is 12.8. The molecular weight excluding hydrogens is 542 g/mol. The molecule has 0 saturated carbocycles. The summed E-state index contributed by atoms with van der Waals surface area (Å²) in [5, 5.41) is 24.6. The maximum absolute atomic E-state index is 12.8. The van der Waals surface area contributed by atoms with Crippen LogP contribution >= 0.6 is 11.6 Å². The smallest absolute Gasteiger partial charge is 0.387 e. The molecule has 0 aliphatic heterocycles. The summed E-state index contributed by atoms with van der Waals surface area (Å²) in [7, 11) is -2.24. The molecule has 0 aromatic heterocycles. The largest absolute Gasteiger partial charge is 0.506 e. The van der Waals surface area contributed by atoms with Gasteiger partial charge < -0.3 is 25.0 Å². The van der Waals surface area contributed by atoms with E-state index in [1.165, 1.54) is 25.3 Å². The molecule has 3 rings (SSSR count). The number of aliphatic hydroxyl groups is 1. The minimum atomic E-state index is -3.60. The molecule has 0 radical (unpaired) electrons. The number of nitrogens with one attached hydrogen (secondary N) is 2. The van der Waals surface area contributed by atoms with Crippen molar-refractivity contribution in [3.63, 3.8) is 0 Å². The first-order valence-electron chi connectivity index (χ1n) is 11.5. The van der Waals surface area contributed by atoms with Crippen LogP contribution in [-0.4, -0.2) is 51.3 Å². The van der Waals surface area contributed by atoms with E-state index in [-0.39, 0.29) is 41.9 Å². The maximum Gasteiger partial charge on any atom is 0.387 e. The fourth-order valence-corrected chi connectivity index (χ4v) is 4.56. The van der Waals surface area contributed by atoms with Crippen LogP contribution in [0.5, 0.6) is 17.2 Å². The number of anilines is 1. The van der Waals surface area contributed by atoms with Gasteiger partial charge in [0.1, 0.15) is 5.75 Å². The van der Waals surface area contributed by atoms with Crippen LogP contribution in [0.15, 0.2) is 60.7 Å². The number of methoxy groups -OCH3 is 1. The number of hydrogen-bond donors (Lipinski definition) is 4. The third-order valence-corrected chi connectivity index (χ3v) is 6.43. The molecule has 38 heavy (non-hydrogen) atoms. The first kappa shape index (κ1) is 29.4. The normalized spacial score (nSPS) is 13.2. The summed E-state index contributed by atoms with van der Waals surface area (Å²) in [5.41, 5.74) is 2.29. The average molecular weight is 571 g/mol. The summed E-state index contributed by atoms with van der Waals surface area (Å²) in [6.07, 6.45) is 0.759. The molecule has 0 aliphatic carbocycles. The van der Waals surface area contributed by atoms with E-state index in [1.807, 2.05) is 12.1 Å². The zero-order valence-corrected chi connectivity index (χ0v) is 22.3. The Morgan fingerprint density at radius 2 is 1.66 bits per heavy atom. The van der Waals surface area contributed by atoms with Gasteiger partial charge in [0.2, 0.25) is 10.0 Å². The van der Waals surface area contributed by atoms with Gasteiger partial charge in [-0.25, -0.2) is 8.42 Å². The Morgan fingerprint density at radius 1 is 0.974 bits per heavy atom. The molecule has 0 bridgehead atoms. The van der Waals surface area contributed by atoms with E-state index in [4.69, 9.17) is 16.3 Å². The molecule has 3 aromatic carbocycles. The number of hydrogen-bond acceptors (Lipinski definition) is 7. The second-order valence-corrected chi connectivity index (χ2v) is 10.8. The van der Waals surface area contributed by atoms with E-state index < -0.39 is 22.7 Å². The number of halogens is 3. The molecule has 0 unspecified atom stereocenters. The molecule has 0 aliphatic rings. The van der Waals surface area contributed by atoms with Gasteiger partial charge in [-0.15, -0.1) is 0 Å². The molecule has 0 fully saturated rings. The number of sulfonamides is 1. The van der Waals surface area contributed by atoms with E-state index >= 15 is 0 Å². The van der Waals surface area contributed by atoms with Crippen molar-refractivity contribution in [3.8, 4) is 17.2 Å². The molecule has 12 heteroatoms. The Hall–Kier alpha value is -3.12. The summed E-state index contributed by atoms with van der Waals surface area (Å²) in [4.78, 5) is 0.